The number of hydrogen-bond donors (Lipinski definition) is 1. The molecule has 0 aromatic heterocycles. The molecule has 0 aliphatic carbocycles. The number of carbonyl (C=O) groups is 1. The zero-order chi connectivity index (χ0) is 27.7. The van der Waals surface area contributed by atoms with Gasteiger partial charge in [0, 0.05) is 17.0 Å². The molecule has 3 aromatic carbocycles. The van der Waals surface area contributed by atoms with Crippen molar-refractivity contribution >= 4 is 33.2 Å². The number of nitrogens with two attached hydrogens (primary N) is 1. The molecule has 1 aliphatic rings. The van der Waals surface area contributed by atoms with Gasteiger partial charge < -0.3 is 10.5 Å². The summed E-state index contributed by atoms with van der Waals surface area (Å²) in [7, 11) is -4.47. The Labute approximate surface area is 222 Å². The van der Waals surface area contributed by atoms with Gasteiger partial charge in [-0.2, -0.15) is 13.2 Å². The number of anilines is 1. The molecule has 0 saturated heterocycles. The quantitative estimate of drug-likeness (QED) is 0.362. The third kappa shape index (κ3) is 6.05. The molecule has 0 radical (unpaired) electrons. The molecular formula is C26H23ClF4N2O4S. The van der Waals surface area contributed by atoms with Crippen molar-refractivity contribution in [2.24, 2.45) is 5.73 Å². The number of amides is 1. The average Bonchev–Trinajstić information content (AvgIpc) is 2.86. The van der Waals surface area contributed by atoms with Gasteiger partial charge in [0.1, 0.15) is 17.7 Å². The number of carbonyl (C=O) groups excluding carboxylic acids is 1. The first kappa shape index (κ1) is 27.7. The number of halogens is 5. The van der Waals surface area contributed by atoms with Gasteiger partial charge in [-0.3, -0.25) is 9.10 Å². The predicted octanol–water partition coefficient (Wildman–Crippen LogP) is 5.50. The Hall–Kier alpha value is -3.31. The number of rotatable bonds is 8. The molecule has 0 bridgehead atoms. The summed E-state index contributed by atoms with van der Waals surface area (Å²) in [5.41, 5.74) is 5.18. The lowest BCUT2D eigenvalue weighted by atomic mass is 10.0. The van der Waals surface area contributed by atoms with E-state index in [1.165, 1.54) is 12.1 Å². The Kier molecular flexibility index (Phi) is 7.89. The maximum absolute atomic E-state index is 14.2. The van der Waals surface area contributed by atoms with E-state index in [9.17, 15) is 30.8 Å². The molecule has 0 spiro atoms. The highest BCUT2D eigenvalue weighted by Gasteiger charge is 2.37. The highest BCUT2D eigenvalue weighted by molar-refractivity contribution is 7.92. The maximum Gasteiger partial charge on any atom is 0.416 e. The van der Waals surface area contributed by atoms with Crippen LogP contribution in [0.3, 0.4) is 0 Å². The molecule has 12 heteroatoms. The summed E-state index contributed by atoms with van der Waals surface area (Å²) in [6.07, 6.45) is -4.93. The van der Waals surface area contributed by atoms with Gasteiger partial charge in [-0.05, 0) is 67.3 Å². The third-order valence-electron chi connectivity index (χ3n) is 6.14. The third-order valence-corrected chi connectivity index (χ3v) is 8.27. The molecule has 4 rings (SSSR count). The Balaban J connectivity index is 1.71. The fourth-order valence-electron chi connectivity index (χ4n) is 4.19. The van der Waals surface area contributed by atoms with E-state index in [4.69, 9.17) is 22.1 Å². The van der Waals surface area contributed by atoms with E-state index in [0.717, 1.165) is 22.5 Å². The Morgan fingerprint density at radius 3 is 2.50 bits per heavy atom. The molecule has 6 nitrogen and oxygen atoms in total. The number of aryl methyl sites for hydroxylation is 1. The number of ether oxygens (including phenoxy) is 1. The number of hydrogen-bond acceptors (Lipinski definition) is 4. The van der Waals surface area contributed by atoms with Gasteiger partial charge in [0.25, 0.3) is 10.0 Å². The van der Waals surface area contributed by atoms with Crippen molar-refractivity contribution in [3.8, 4) is 5.75 Å². The molecule has 1 amide bonds. The van der Waals surface area contributed by atoms with Crippen molar-refractivity contribution in [2.75, 3.05) is 10.8 Å². The van der Waals surface area contributed by atoms with Gasteiger partial charge in [-0.25, -0.2) is 12.8 Å². The summed E-state index contributed by atoms with van der Waals surface area (Å²) in [5, 5.41) is 0.261. The normalized spacial score (nSPS) is 15.6. The first-order valence-electron chi connectivity index (χ1n) is 11.6. The van der Waals surface area contributed by atoms with Crippen LogP contribution in [0.2, 0.25) is 5.02 Å². The molecule has 38 heavy (non-hydrogen) atoms. The fourth-order valence-corrected chi connectivity index (χ4v) is 6.00. The molecule has 3 aromatic rings. The Bertz CT molecular complexity index is 1440. The van der Waals surface area contributed by atoms with Crippen LogP contribution >= 0.6 is 11.6 Å². The molecular weight excluding hydrogens is 548 g/mol. The van der Waals surface area contributed by atoms with Crippen LogP contribution in [0.1, 0.15) is 29.5 Å². The van der Waals surface area contributed by atoms with Gasteiger partial charge in [0.05, 0.1) is 22.7 Å². The number of primary amides is 1. The minimum atomic E-state index is -4.74. The van der Waals surface area contributed by atoms with Gasteiger partial charge >= 0.3 is 6.18 Å². The zero-order valence-corrected chi connectivity index (χ0v) is 21.4. The second kappa shape index (κ2) is 10.8. The van der Waals surface area contributed by atoms with Gasteiger partial charge in [0.15, 0.2) is 0 Å². The molecule has 1 heterocycles. The molecule has 202 valence electrons. The van der Waals surface area contributed by atoms with Crippen molar-refractivity contribution in [3.05, 3.63) is 88.2 Å². The monoisotopic (exact) mass is 570 g/mol. The summed E-state index contributed by atoms with van der Waals surface area (Å²) < 4.78 is 88.3. The SMILES string of the molecule is NC(=O)CC[C@H]1CN(S(=O)(=O)c2cccc(C(F)(F)F)c2)c2cc(CCc3c(F)cccc3Cl)ccc2O1. The van der Waals surface area contributed by atoms with Crippen LogP contribution in [0, 0.1) is 5.82 Å². The number of sulfonamides is 1. The highest BCUT2D eigenvalue weighted by atomic mass is 35.5. The van der Waals surface area contributed by atoms with Gasteiger partial charge in [-0.15, -0.1) is 0 Å². The summed E-state index contributed by atoms with van der Waals surface area (Å²) in [6, 6.07) is 12.6. The van der Waals surface area contributed by atoms with E-state index in [1.54, 1.807) is 24.3 Å². The summed E-state index contributed by atoms with van der Waals surface area (Å²) in [4.78, 5) is 10.7. The molecule has 1 aliphatic heterocycles. The van der Waals surface area contributed by atoms with E-state index < -0.39 is 44.5 Å². The van der Waals surface area contributed by atoms with Crippen LogP contribution in [0.25, 0.3) is 0 Å². The van der Waals surface area contributed by atoms with Crippen molar-refractivity contribution in [1.29, 1.82) is 0 Å². The van der Waals surface area contributed by atoms with Crippen molar-refractivity contribution in [1.82, 2.24) is 0 Å². The van der Waals surface area contributed by atoms with E-state index in [0.29, 0.717) is 23.6 Å². The van der Waals surface area contributed by atoms with Gasteiger partial charge in [0.2, 0.25) is 5.91 Å². The van der Waals surface area contributed by atoms with E-state index in [2.05, 4.69) is 0 Å². The Morgan fingerprint density at radius 1 is 1.08 bits per heavy atom. The van der Waals surface area contributed by atoms with Crippen LogP contribution in [0.4, 0.5) is 23.2 Å². The Morgan fingerprint density at radius 2 is 1.82 bits per heavy atom. The van der Waals surface area contributed by atoms with Crippen LogP contribution in [0.15, 0.2) is 65.6 Å². The summed E-state index contributed by atoms with van der Waals surface area (Å²) in [6.45, 7) is -0.249. The summed E-state index contributed by atoms with van der Waals surface area (Å²) in [5.74, 6) is -0.896. The van der Waals surface area contributed by atoms with Crippen LogP contribution in [-0.2, 0) is 33.8 Å². The van der Waals surface area contributed by atoms with Crippen LogP contribution in [0.5, 0.6) is 5.75 Å². The lowest BCUT2D eigenvalue weighted by Gasteiger charge is -2.36. The molecule has 2 N–H and O–H groups in total. The van der Waals surface area contributed by atoms with Crippen molar-refractivity contribution in [3.63, 3.8) is 0 Å². The van der Waals surface area contributed by atoms with Gasteiger partial charge in [-0.1, -0.05) is 29.8 Å². The number of nitrogens with zero attached hydrogens (tertiary/aromatic N) is 1. The highest BCUT2D eigenvalue weighted by Crippen LogP contribution is 2.40. The lowest BCUT2D eigenvalue weighted by Crippen LogP contribution is -2.44. The van der Waals surface area contributed by atoms with Crippen molar-refractivity contribution in [2.45, 2.75) is 42.9 Å². The first-order valence-corrected chi connectivity index (χ1v) is 13.4. The number of alkyl halides is 3. The smallest absolute Gasteiger partial charge is 0.416 e. The van der Waals surface area contributed by atoms with Crippen molar-refractivity contribution < 1.29 is 35.5 Å². The van der Waals surface area contributed by atoms with E-state index in [1.807, 2.05) is 0 Å². The zero-order valence-electron chi connectivity index (χ0n) is 19.8. The van der Waals surface area contributed by atoms with E-state index >= 15 is 0 Å². The maximum atomic E-state index is 14.2. The van der Waals surface area contributed by atoms with Crippen LogP contribution < -0.4 is 14.8 Å². The summed E-state index contributed by atoms with van der Waals surface area (Å²) >= 11 is 6.11. The first-order chi connectivity index (χ1) is 17.9. The second-order valence-electron chi connectivity index (χ2n) is 8.81. The minimum Gasteiger partial charge on any atom is -0.486 e. The molecule has 0 fully saturated rings. The largest absolute Gasteiger partial charge is 0.486 e. The fraction of sp³-hybridized carbons (Fsp3) is 0.269. The minimum absolute atomic E-state index is 0.0705. The topological polar surface area (TPSA) is 89.7 Å². The standard InChI is InChI=1S/C26H23ClF4N2O4S/c27-21-5-2-6-22(28)20(21)10-7-16-8-11-24-23(13-16)33(15-18(37-24)9-12-25(32)34)38(35,36)19-4-1-3-17(14-19)26(29,30)31/h1-6,8,11,13-14,18H,7,9-10,12,15H2,(H2,32,34)/t18-/m0/s1. The number of benzene rings is 3. The second-order valence-corrected chi connectivity index (χ2v) is 11.1. The molecule has 1 atom stereocenters. The number of fused-ring (bicyclic) bond motifs is 1. The lowest BCUT2D eigenvalue weighted by molar-refractivity contribution is -0.137. The average molecular weight is 571 g/mol. The van der Waals surface area contributed by atoms with E-state index in [-0.39, 0.29) is 42.3 Å². The molecule has 0 unspecified atom stereocenters. The van der Waals surface area contributed by atoms with Crippen LogP contribution in [-0.4, -0.2) is 27.0 Å². The predicted molar refractivity (Wildman–Crippen MR) is 134 cm³/mol. The molecule has 0 saturated carbocycles.